The molecule has 1 fully saturated rings. The fourth-order valence-corrected chi connectivity index (χ4v) is 7.79. The molecule has 1 N–H and O–H groups in total. The first-order chi connectivity index (χ1) is 22.1. The first-order valence-corrected chi connectivity index (χ1v) is 17.5. The van der Waals surface area contributed by atoms with E-state index in [9.17, 15) is 18.0 Å². The van der Waals surface area contributed by atoms with E-state index in [1.807, 2.05) is 36.4 Å². The molecule has 46 heavy (non-hydrogen) atoms. The number of aryl methyl sites for hydroxylation is 1. The van der Waals surface area contributed by atoms with Crippen LogP contribution in [0.2, 0.25) is 10.0 Å². The van der Waals surface area contributed by atoms with E-state index in [2.05, 4.69) is 5.32 Å². The monoisotopic (exact) mass is 677 g/mol. The summed E-state index contributed by atoms with van der Waals surface area (Å²) >= 11 is 12.8. The number of nitrogens with one attached hydrogen (secondary N) is 1. The van der Waals surface area contributed by atoms with E-state index in [1.165, 1.54) is 17.0 Å². The standard InChI is InChI=1S/C36H37Cl2N3O4S/c1-26-22-29(37)20-21-33(26)41(46(44,45)31-17-6-3-7-18-31)25-35(42)40(24-28-14-8-11-19-32(28)38)34(23-27-12-4-2-5-13-27)36(43)39-30-15-9-10-16-30/h2-8,11-14,17-22,30,34H,9-10,15-16,23-25H2,1H3,(H,39,43)/t34-/m0/s1. The number of anilines is 1. The molecule has 1 saturated carbocycles. The lowest BCUT2D eigenvalue weighted by molar-refractivity contribution is -0.140. The first kappa shape index (κ1) is 33.5. The molecule has 7 nitrogen and oxygen atoms in total. The molecule has 0 spiro atoms. The van der Waals surface area contributed by atoms with Crippen molar-refractivity contribution in [3.8, 4) is 0 Å². The number of sulfonamides is 1. The Bertz CT molecular complexity index is 1760. The van der Waals surface area contributed by atoms with Crippen molar-refractivity contribution in [3.05, 3.63) is 130 Å². The molecule has 5 rings (SSSR count). The minimum Gasteiger partial charge on any atom is -0.352 e. The molecule has 240 valence electrons. The van der Waals surface area contributed by atoms with Gasteiger partial charge in [0.25, 0.3) is 10.0 Å². The average Bonchev–Trinajstić information content (AvgIpc) is 3.56. The summed E-state index contributed by atoms with van der Waals surface area (Å²) < 4.78 is 29.5. The van der Waals surface area contributed by atoms with Gasteiger partial charge in [0, 0.05) is 29.1 Å². The van der Waals surface area contributed by atoms with Crippen molar-refractivity contribution < 1.29 is 18.0 Å². The molecule has 0 unspecified atom stereocenters. The highest BCUT2D eigenvalue weighted by Gasteiger charge is 2.36. The number of halogens is 2. The first-order valence-electron chi connectivity index (χ1n) is 15.3. The Morgan fingerprint density at radius 3 is 2.15 bits per heavy atom. The van der Waals surface area contributed by atoms with Crippen LogP contribution in [0.4, 0.5) is 5.69 Å². The van der Waals surface area contributed by atoms with Crippen molar-refractivity contribution >= 4 is 50.7 Å². The van der Waals surface area contributed by atoms with E-state index >= 15 is 0 Å². The number of amides is 2. The molecule has 0 radical (unpaired) electrons. The molecule has 4 aromatic rings. The normalized spacial score (nSPS) is 14.1. The third-order valence-corrected chi connectivity index (χ3v) is 10.7. The Balaban J connectivity index is 1.59. The fraction of sp³-hybridized carbons (Fsp3) is 0.278. The minimum absolute atomic E-state index is 0.00686. The predicted octanol–water partition coefficient (Wildman–Crippen LogP) is 7.20. The molecule has 1 atom stereocenters. The number of benzene rings is 4. The van der Waals surface area contributed by atoms with Gasteiger partial charge in [0.05, 0.1) is 10.6 Å². The lowest BCUT2D eigenvalue weighted by Gasteiger charge is -2.35. The van der Waals surface area contributed by atoms with E-state index in [0.717, 1.165) is 35.6 Å². The maximum atomic E-state index is 14.6. The third-order valence-electron chi connectivity index (χ3n) is 8.31. The van der Waals surface area contributed by atoms with Crippen LogP contribution in [0, 0.1) is 6.92 Å². The molecule has 0 saturated heterocycles. The molecule has 2 amide bonds. The van der Waals surface area contributed by atoms with Crippen LogP contribution in [0.25, 0.3) is 0 Å². The predicted molar refractivity (Wildman–Crippen MR) is 183 cm³/mol. The molecule has 1 aliphatic carbocycles. The third kappa shape index (κ3) is 8.10. The van der Waals surface area contributed by atoms with Crippen LogP contribution in [0.15, 0.2) is 108 Å². The van der Waals surface area contributed by atoms with Crippen LogP contribution >= 0.6 is 23.2 Å². The van der Waals surface area contributed by atoms with E-state index in [4.69, 9.17) is 23.2 Å². The van der Waals surface area contributed by atoms with E-state index in [-0.39, 0.29) is 29.8 Å². The summed E-state index contributed by atoms with van der Waals surface area (Å²) in [4.78, 5) is 30.3. The summed E-state index contributed by atoms with van der Waals surface area (Å²) in [5.74, 6) is -0.826. The average molecular weight is 679 g/mol. The summed E-state index contributed by atoms with van der Waals surface area (Å²) in [5, 5.41) is 4.06. The molecule has 0 aliphatic heterocycles. The number of nitrogens with zero attached hydrogens (tertiary/aromatic N) is 2. The summed E-state index contributed by atoms with van der Waals surface area (Å²) in [7, 11) is -4.21. The largest absolute Gasteiger partial charge is 0.352 e. The second-order valence-corrected chi connectivity index (χ2v) is 14.3. The quantitative estimate of drug-likeness (QED) is 0.172. The lowest BCUT2D eigenvalue weighted by atomic mass is 10.0. The Morgan fingerprint density at radius 1 is 0.870 bits per heavy atom. The summed E-state index contributed by atoms with van der Waals surface area (Å²) in [5.41, 5.74) is 2.41. The highest BCUT2D eigenvalue weighted by atomic mass is 35.5. The summed E-state index contributed by atoms with van der Waals surface area (Å²) in [6.45, 7) is 1.20. The van der Waals surface area contributed by atoms with Gasteiger partial charge in [0.2, 0.25) is 11.8 Å². The second-order valence-electron chi connectivity index (χ2n) is 11.6. The van der Waals surface area contributed by atoms with Gasteiger partial charge in [0.15, 0.2) is 0 Å². The topological polar surface area (TPSA) is 86.8 Å². The van der Waals surface area contributed by atoms with Crippen molar-refractivity contribution in [3.63, 3.8) is 0 Å². The highest BCUT2D eigenvalue weighted by molar-refractivity contribution is 7.92. The second kappa shape index (κ2) is 15.2. The zero-order valence-electron chi connectivity index (χ0n) is 25.6. The fourth-order valence-electron chi connectivity index (χ4n) is 5.86. The molecular weight excluding hydrogens is 641 g/mol. The van der Waals surface area contributed by atoms with Crippen LogP contribution in [-0.4, -0.2) is 43.8 Å². The van der Waals surface area contributed by atoms with Gasteiger partial charge in [-0.05, 0) is 72.9 Å². The van der Waals surface area contributed by atoms with Crippen molar-refractivity contribution in [1.29, 1.82) is 0 Å². The van der Waals surface area contributed by atoms with Crippen molar-refractivity contribution in [1.82, 2.24) is 10.2 Å². The van der Waals surface area contributed by atoms with Crippen molar-refractivity contribution in [2.24, 2.45) is 0 Å². The SMILES string of the molecule is Cc1cc(Cl)ccc1N(CC(=O)N(Cc1ccccc1Cl)[C@@H](Cc1ccccc1)C(=O)NC1CCCC1)S(=O)(=O)c1ccccc1. The number of hydrogen-bond acceptors (Lipinski definition) is 4. The Morgan fingerprint density at radius 2 is 1.50 bits per heavy atom. The van der Waals surface area contributed by atoms with Crippen LogP contribution < -0.4 is 9.62 Å². The van der Waals surface area contributed by atoms with E-state index in [1.54, 1.807) is 61.5 Å². The van der Waals surface area contributed by atoms with Crippen LogP contribution in [0.3, 0.4) is 0 Å². The molecule has 0 heterocycles. The number of carbonyl (C=O) groups excluding carboxylic acids is 2. The Hall–Kier alpha value is -3.85. The van der Waals surface area contributed by atoms with Gasteiger partial charge >= 0.3 is 0 Å². The van der Waals surface area contributed by atoms with Gasteiger partial charge in [-0.1, -0.05) is 103 Å². The number of hydrogen-bond donors (Lipinski definition) is 1. The van der Waals surface area contributed by atoms with Gasteiger partial charge in [-0.15, -0.1) is 0 Å². The highest BCUT2D eigenvalue weighted by Crippen LogP contribution is 2.30. The summed E-state index contributed by atoms with van der Waals surface area (Å²) in [6.07, 6.45) is 4.05. The van der Waals surface area contributed by atoms with E-state index in [0.29, 0.717) is 26.9 Å². The Kier molecular flexibility index (Phi) is 11.0. The van der Waals surface area contributed by atoms with Crippen LogP contribution in [0.5, 0.6) is 0 Å². The van der Waals surface area contributed by atoms with Gasteiger partial charge in [-0.3, -0.25) is 13.9 Å². The maximum Gasteiger partial charge on any atom is 0.264 e. The van der Waals surface area contributed by atoms with Crippen LogP contribution in [0.1, 0.15) is 42.4 Å². The molecule has 4 aromatic carbocycles. The van der Waals surface area contributed by atoms with Gasteiger partial charge in [0.1, 0.15) is 12.6 Å². The minimum atomic E-state index is -4.21. The molecule has 0 bridgehead atoms. The number of rotatable bonds is 12. The molecule has 10 heteroatoms. The van der Waals surface area contributed by atoms with Gasteiger partial charge in [-0.2, -0.15) is 0 Å². The van der Waals surface area contributed by atoms with Gasteiger partial charge in [-0.25, -0.2) is 8.42 Å². The molecule has 1 aliphatic rings. The van der Waals surface area contributed by atoms with Crippen molar-refractivity contribution in [2.75, 3.05) is 10.8 Å². The maximum absolute atomic E-state index is 14.6. The smallest absolute Gasteiger partial charge is 0.264 e. The van der Waals surface area contributed by atoms with Gasteiger partial charge < -0.3 is 10.2 Å². The number of carbonyl (C=O) groups is 2. The van der Waals surface area contributed by atoms with Crippen molar-refractivity contribution in [2.45, 2.75) is 62.6 Å². The summed E-state index contributed by atoms with van der Waals surface area (Å²) in [6, 6.07) is 28.6. The van der Waals surface area contributed by atoms with E-state index < -0.39 is 28.5 Å². The molecular formula is C36H37Cl2N3O4S. The van der Waals surface area contributed by atoms with Crippen LogP contribution in [-0.2, 0) is 32.6 Å². The Labute approximate surface area is 281 Å². The lowest BCUT2D eigenvalue weighted by Crippen LogP contribution is -2.54. The zero-order valence-corrected chi connectivity index (χ0v) is 27.9. The zero-order chi connectivity index (χ0) is 32.7. The molecule has 0 aromatic heterocycles.